The predicted octanol–water partition coefficient (Wildman–Crippen LogP) is 1.07. The van der Waals surface area contributed by atoms with Gasteiger partial charge in [0.2, 0.25) is 5.82 Å². The van der Waals surface area contributed by atoms with Crippen molar-refractivity contribution in [3.8, 4) is 12.3 Å². The molecule has 0 fully saturated rings. The Balaban J connectivity index is 3.33. The van der Waals surface area contributed by atoms with E-state index in [0.717, 1.165) is 0 Å². The summed E-state index contributed by atoms with van der Waals surface area (Å²) >= 11 is 0. The maximum absolute atomic E-state index is 5.62. The van der Waals surface area contributed by atoms with Gasteiger partial charge in [0.05, 0.1) is 5.69 Å². The van der Waals surface area contributed by atoms with E-state index >= 15 is 0 Å². The number of nitrogens with two attached hydrogens (primary N) is 1. The molecule has 66 valence electrons. The summed E-state index contributed by atoms with van der Waals surface area (Å²) in [5, 5.41) is 0. The van der Waals surface area contributed by atoms with Crippen LogP contribution < -0.4 is 5.73 Å². The van der Waals surface area contributed by atoms with Crippen molar-refractivity contribution in [2.24, 2.45) is 4.99 Å². The number of rotatable bonds is 1. The Hall–Kier alpha value is -1.89. The van der Waals surface area contributed by atoms with Crippen LogP contribution in [0, 0.1) is 19.3 Å². The lowest BCUT2D eigenvalue weighted by molar-refractivity contribution is 1.07. The number of anilines is 1. The lowest BCUT2D eigenvalue weighted by atomic mass is 10.3. The summed E-state index contributed by atoms with van der Waals surface area (Å²) in [6, 6.07) is 0. The topological polar surface area (TPSA) is 64.2 Å². The smallest absolute Gasteiger partial charge is 0.206 e. The first kappa shape index (κ1) is 9.20. The van der Waals surface area contributed by atoms with Gasteiger partial charge >= 0.3 is 0 Å². The van der Waals surface area contributed by atoms with Crippen LogP contribution >= 0.6 is 0 Å². The Morgan fingerprint density at radius 2 is 2.23 bits per heavy atom. The molecule has 0 saturated carbocycles. The van der Waals surface area contributed by atoms with Crippen LogP contribution in [0.4, 0.5) is 11.5 Å². The Kier molecular flexibility index (Phi) is 2.60. The van der Waals surface area contributed by atoms with Crippen molar-refractivity contribution in [2.75, 3.05) is 5.73 Å². The number of aromatic nitrogens is 2. The molecule has 0 atom stereocenters. The van der Waals surface area contributed by atoms with Crippen LogP contribution in [0.3, 0.4) is 0 Å². The van der Waals surface area contributed by atoms with Gasteiger partial charge in [0.15, 0.2) is 5.82 Å². The molecule has 0 spiro atoms. The van der Waals surface area contributed by atoms with Crippen molar-refractivity contribution in [1.29, 1.82) is 0 Å². The molecule has 0 aliphatic rings. The van der Waals surface area contributed by atoms with Crippen molar-refractivity contribution in [3.63, 3.8) is 0 Å². The maximum atomic E-state index is 5.62. The first-order chi connectivity index (χ1) is 6.19. The van der Waals surface area contributed by atoms with E-state index in [1.165, 1.54) is 0 Å². The number of hydrogen-bond acceptors (Lipinski definition) is 4. The number of nitrogen functional groups attached to an aromatic ring is 1. The van der Waals surface area contributed by atoms with Gasteiger partial charge < -0.3 is 5.73 Å². The van der Waals surface area contributed by atoms with Gasteiger partial charge in [0.1, 0.15) is 5.69 Å². The van der Waals surface area contributed by atoms with Gasteiger partial charge in [-0.05, 0) is 19.8 Å². The average Bonchev–Trinajstić information content (AvgIpc) is 2.11. The first-order valence-electron chi connectivity index (χ1n) is 3.78. The molecule has 0 bridgehead atoms. The summed E-state index contributed by atoms with van der Waals surface area (Å²) < 4.78 is 0. The highest BCUT2D eigenvalue weighted by Crippen LogP contribution is 2.22. The zero-order chi connectivity index (χ0) is 9.84. The SMILES string of the molecule is C#Cc1nc(C)c(N=CC)c(N)n1. The second-order valence-corrected chi connectivity index (χ2v) is 2.40. The summed E-state index contributed by atoms with van der Waals surface area (Å²) in [6.07, 6.45) is 6.78. The molecular weight excluding hydrogens is 164 g/mol. The molecule has 4 nitrogen and oxygen atoms in total. The van der Waals surface area contributed by atoms with E-state index in [4.69, 9.17) is 12.2 Å². The van der Waals surface area contributed by atoms with Crippen molar-refractivity contribution < 1.29 is 0 Å². The van der Waals surface area contributed by atoms with Gasteiger partial charge in [-0.15, -0.1) is 6.42 Å². The third kappa shape index (κ3) is 1.82. The van der Waals surface area contributed by atoms with Gasteiger partial charge in [-0.25, -0.2) is 9.97 Å². The molecular formula is C9H10N4. The number of aryl methyl sites for hydroxylation is 1. The molecule has 1 aromatic rings. The normalized spacial score (nSPS) is 10.2. The molecule has 0 amide bonds. The first-order valence-corrected chi connectivity index (χ1v) is 3.78. The lowest BCUT2D eigenvalue weighted by Gasteiger charge is -2.02. The Bertz CT molecular complexity index is 364. The second kappa shape index (κ2) is 3.68. The van der Waals surface area contributed by atoms with Crippen LogP contribution in [-0.2, 0) is 0 Å². The van der Waals surface area contributed by atoms with Crippen LogP contribution in [-0.4, -0.2) is 16.2 Å². The van der Waals surface area contributed by atoms with Crippen molar-refractivity contribution in [1.82, 2.24) is 9.97 Å². The van der Waals surface area contributed by atoms with Gasteiger partial charge in [-0.3, -0.25) is 4.99 Å². The highest BCUT2D eigenvalue weighted by Gasteiger charge is 2.05. The third-order valence-corrected chi connectivity index (χ3v) is 1.47. The van der Waals surface area contributed by atoms with E-state index in [9.17, 15) is 0 Å². The summed E-state index contributed by atoms with van der Waals surface area (Å²) in [4.78, 5) is 12.0. The monoisotopic (exact) mass is 174 g/mol. The molecule has 0 unspecified atom stereocenters. The molecule has 1 aromatic heterocycles. The van der Waals surface area contributed by atoms with Gasteiger partial charge in [0.25, 0.3) is 0 Å². The molecule has 13 heavy (non-hydrogen) atoms. The summed E-state index contributed by atoms with van der Waals surface area (Å²) in [5.74, 6) is 2.94. The van der Waals surface area contributed by atoms with Gasteiger partial charge in [0, 0.05) is 6.21 Å². The van der Waals surface area contributed by atoms with E-state index in [2.05, 4.69) is 20.9 Å². The Morgan fingerprint density at radius 3 is 2.69 bits per heavy atom. The lowest BCUT2D eigenvalue weighted by Crippen LogP contribution is -1.99. The molecule has 0 aromatic carbocycles. The number of nitrogens with zero attached hydrogens (tertiary/aromatic N) is 3. The van der Waals surface area contributed by atoms with Crippen LogP contribution in [0.2, 0.25) is 0 Å². The molecule has 0 aliphatic heterocycles. The van der Waals surface area contributed by atoms with E-state index in [-0.39, 0.29) is 0 Å². The highest BCUT2D eigenvalue weighted by molar-refractivity contribution is 5.69. The Morgan fingerprint density at radius 1 is 1.54 bits per heavy atom. The van der Waals surface area contributed by atoms with Gasteiger partial charge in [-0.2, -0.15) is 0 Å². The van der Waals surface area contributed by atoms with Crippen molar-refractivity contribution in [2.45, 2.75) is 13.8 Å². The van der Waals surface area contributed by atoms with Crippen molar-refractivity contribution >= 4 is 17.7 Å². The molecule has 1 rings (SSSR count). The number of aliphatic imine (C=N–C) groups is 1. The fourth-order valence-corrected chi connectivity index (χ4v) is 0.942. The average molecular weight is 174 g/mol. The van der Waals surface area contributed by atoms with Crippen LogP contribution in [0.5, 0.6) is 0 Å². The number of terminal acetylenes is 1. The standard InChI is InChI=1S/C9H10N4/c1-4-7-12-6(3)8(11-5-2)9(10)13-7/h1,5H,2-3H3,(H2,10,12,13). The van der Waals surface area contributed by atoms with Gasteiger partial charge in [-0.1, -0.05) is 0 Å². The summed E-state index contributed by atoms with van der Waals surface area (Å²) in [5.41, 5.74) is 6.90. The van der Waals surface area contributed by atoms with Crippen LogP contribution in [0.1, 0.15) is 18.4 Å². The molecule has 0 saturated heterocycles. The highest BCUT2D eigenvalue weighted by atomic mass is 15.0. The Labute approximate surface area is 76.9 Å². The van der Waals surface area contributed by atoms with E-state index in [0.29, 0.717) is 23.0 Å². The van der Waals surface area contributed by atoms with Crippen LogP contribution in [0.15, 0.2) is 4.99 Å². The van der Waals surface area contributed by atoms with E-state index in [1.807, 2.05) is 0 Å². The molecule has 2 N–H and O–H groups in total. The number of hydrogen-bond donors (Lipinski definition) is 1. The molecule has 0 aliphatic carbocycles. The molecule has 0 radical (unpaired) electrons. The summed E-state index contributed by atoms with van der Waals surface area (Å²) in [7, 11) is 0. The fourth-order valence-electron chi connectivity index (χ4n) is 0.942. The quantitative estimate of drug-likeness (QED) is 0.511. The predicted molar refractivity (Wildman–Crippen MR) is 52.9 cm³/mol. The minimum absolute atomic E-state index is 0.296. The minimum atomic E-state index is 0.296. The molecule has 1 heterocycles. The van der Waals surface area contributed by atoms with E-state index in [1.54, 1.807) is 20.1 Å². The zero-order valence-electron chi connectivity index (χ0n) is 7.57. The van der Waals surface area contributed by atoms with Crippen LogP contribution in [0.25, 0.3) is 0 Å². The van der Waals surface area contributed by atoms with Crippen molar-refractivity contribution in [3.05, 3.63) is 11.5 Å². The molecule has 4 heteroatoms. The maximum Gasteiger partial charge on any atom is 0.206 e. The summed E-state index contributed by atoms with van der Waals surface area (Å²) in [6.45, 7) is 3.59. The largest absolute Gasteiger partial charge is 0.382 e. The minimum Gasteiger partial charge on any atom is -0.382 e. The third-order valence-electron chi connectivity index (χ3n) is 1.47. The fraction of sp³-hybridized carbons (Fsp3) is 0.222. The van der Waals surface area contributed by atoms with E-state index < -0.39 is 0 Å². The zero-order valence-corrected chi connectivity index (χ0v) is 7.57. The second-order valence-electron chi connectivity index (χ2n) is 2.40.